The zero-order chi connectivity index (χ0) is 16.1. The van der Waals surface area contributed by atoms with Gasteiger partial charge in [0.1, 0.15) is 0 Å². The Kier molecular flexibility index (Phi) is 5.59. The van der Waals surface area contributed by atoms with Crippen LogP contribution in [0.4, 0.5) is 0 Å². The molecule has 2 heterocycles. The van der Waals surface area contributed by atoms with Gasteiger partial charge in [0.2, 0.25) is 5.91 Å². The van der Waals surface area contributed by atoms with E-state index in [0.29, 0.717) is 18.9 Å². The molecule has 1 saturated heterocycles. The molecular weight excluding hydrogens is 294 g/mol. The van der Waals surface area contributed by atoms with Crippen LogP contribution >= 0.6 is 0 Å². The molecule has 0 aromatic carbocycles. The highest BCUT2D eigenvalue weighted by Gasteiger charge is 2.34. The number of aliphatic hydroxyl groups is 1. The average Bonchev–Trinajstić information content (AvgIpc) is 3.04. The van der Waals surface area contributed by atoms with Crippen LogP contribution < -0.4 is 5.32 Å². The summed E-state index contributed by atoms with van der Waals surface area (Å²) in [5.41, 5.74) is 1.16. The van der Waals surface area contributed by atoms with E-state index in [1.165, 1.54) is 0 Å². The minimum Gasteiger partial charge on any atom is -0.393 e. The molecule has 1 aliphatic heterocycles. The number of amides is 1. The van der Waals surface area contributed by atoms with Gasteiger partial charge in [0.15, 0.2) is 0 Å². The lowest BCUT2D eigenvalue weighted by atomic mass is 9.75. The number of nitrogens with zero attached hydrogens (tertiary/aromatic N) is 2. The third-order valence-corrected chi connectivity index (χ3v) is 4.68. The lowest BCUT2D eigenvalue weighted by Gasteiger charge is -2.38. The van der Waals surface area contributed by atoms with Crippen LogP contribution in [0.1, 0.15) is 31.2 Å². The molecule has 0 bridgehead atoms. The fourth-order valence-electron chi connectivity index (χ4n) is 3.25. The Morgan fingerprint density at radius 2 is 2.22 bits per heavy atom. The van der Waals surface area contributed by atoms with Gasteiger partial charge in [-0.2, -0.15) is 5.06 Å². The van der Waals surface area contributed by atoms with E-state index in [4.69, 9.17) is 4.84 Å². The van der Waals surface area contributed by atoms with Crippen LogP contribution in [-0.4, -0.2) is 52.9 Å². The molecule has 0 radical (unpaired) electrons. The Morgan fingerprint density at radius 3 is 2.87 bits per heavy atom. The summed E-state index contributed by atoms with van der Waals surface area (Å²) in [6, 6.07) is 4.03. The SMILES string of the molecule is O=C(CCN1CCCO1)NC(Cc1ccncc1)C1CC(O)C1. The maximum absolute atomic E-state index is 12.3. The van der Waals surface area contributed by atoms with Crippen LogP contribution in [0.15, 0.2) is 24.5 Å². The third-order valence-electron chi connectivity index (χ3n) is 4.68. The predicted octanol–water partition coefficient (Wildman–Crippen LogP) is 0.907. The van der Waals surface area contributed by atoms with Crippen molar-refractivity contribution in [3.8, 4) is 0 Å². The van der Waals surface area contributed by atoms with Crippen molar-refractivity contribution in [2.75, 3.05) is 19.7 Å². The van der Waals surface area contributed by atoms with Crippen molar-refractivity contribution in [3.05, 3.63) is 30.1 Å². The van der Waals surface area contributed by atoms with E-state index in [0.717, 1.165) is 44.4 Å². The average molecular weight is 319 g/mol. The first kappa shape index (κ1) is 16.4. The molecule has 1 aliphatic carbocycles. The van der Waals surface area contributed by atoms with Gasteiger partial charge in [0.05, 0.1) is 12.7 Å². The topological polar surface area (TPSA) is 74.7 Å². The molecule has 3 rings (SSSR count). The number of carbonyl (C=O) groups excluding carboxylic acids is 1. The van der Waals surface area contributed by atoms with Crippen molar-refractivity contribution < 1.29 is 14.7 Å². The van der Waals surface area contributed by atoms with Crippen molar-refractivity contribution in [1.29, 1.82) is 0 Å². The van der Waals surface area contributed by atoms with E-state index in [1.807, 2.05) is 17.2 Å². The first-order valence-electron chi connectivity index (χ1n) is 8.45. The normalized spacial score (nSPS) is 25.8. The van der Waals surface area contributed by atoms with E-state index in [9.17, 15) is 9.90 Å². The molecule has 6 nitrogen and oxygen atoms in total. The summed E-state index contributed by atoms with van der Waals surface area (Å²) in [4.78, 5) is 21.7. The van der Waals surface area contributed by atoms with Gasteiger partial charge < -0.3 is 10.4 Å². The third kappa shape index (κ3) is 4.73. The summed E-state index contributed by atoms with van der Waals surface area (Å²) < 4.78 is 0. The van der Waals surface area contributed by atoms with Crippen molar-refractivity contribution in [1.82, 2.24) is 15.4 Å². The molecule has 1 atom stereocenters. The molecular formula is C17H25N3O3. The number of hydroxylamine groups is 2. The van der Waals surface area contributed by atoms with Gasteiger partial charge in [-0.1, -0.05) is 0 Å². The summed E-state index contributed by atoms with van der Waals surface area (Å²) in [5.74, 6) is 0.408. The van der Waals surface area contributed by atoms with Gasteiger partial charge in [-0.25, -0.2) is 0 Å². The number of hydrogen-bond donors (Lipinski definition) is 2. The molecule has 23 heavy (non-hydrogen) atoms. The van der Waals surface area contributed by atoms with Crippen LogP contribution in [0, 0.1) is 5.92 Å². The van der Waals surface area contributed by atoms with Gasteiger partial charge >= 0.3 is 0 Å². The van der Waals surface area contributed by atoms with E-state index < -0.39 is 0 Å². The maximum Gasteiger partial charge on any atom is 0.221 e. The van der Waals surface area contributed by atoms with Gasteiger partial charge in [0.25, 0.3) is 0 Å². The molecule has 1 saturated carbocycles. The molecule has 0 spiro atoms. The lowest BCUT2D eigenvalue weighted by molar-refractivity contribution is -0.131. The second kappa shape index (κ2) is 7.86. The van der Waals surface area contributed by atoms with Gasteiger partial charge in [-0.3, -0.25) is 14.6 Å². The Balaban J connectivity index is 1.51. The maximum atomic E-state index is 12.3. The molecule has 126 valence electrons. The standard InChI is InChI=1S/C17H25N3O3/c21-15-11-14(12-15)16(10-13-2-5-18-6-3-13)19-17(22)4-8-20-7-1-9-23-20/h2-3,5-6,14-16,21H,1,4,7-12H2,(H,19,22). The van der Waals surface area contributed by atoms with Crippen LogP contribution in [0.25, 0.3) is 0 Å². The smallest absolute Gasteiger partial charge is 0.221 e. The molecule has 1 amide bonds. The first-order chi connectivity index (χ1) is 11.2. The number of aromatic nitrogens is 1. The van der Waals surface area contributed by atoms with Crippen molar-refractivity contribution >= 4 is 5.91 Å². The number of hydrogen-bond acceptors (Lipinski definition) is 5. The van der Waals surface area contributed by atoms with Crippen molar-refractivity contribution in [2.24, 2.45) is 5.92 Å². The highest BCUT2D eigenvalue weighted by atomic mass is 16.7. The second-order valence-corrected chi connectivity index (χ2v) is 6.48. The lowest BCUT2D eigenvalue weighted by Crippen LogP contribution is -2.48. The molecule has 2 aliphatic rings. The van der Waals surface area contributed by atoms with Gasteiger partial charge in [-0.15, -0.1) is 0 Å². The quantitative estimate of drug-likeness (QED) is 0.781. The van der Waals surface area contributed by atoms with Crippen molar-refractivity contribution in [2.45, 2.75) is 44.2 Å². The van der Waals surface area contributed by atoms with Crippen LogP contribution in [0.3, 0.4) is 0 Å². The highest BCUT2D eigenvalue weighted by Crippen LogP contribution is 2.31. The van der Waals surface area contributed by atoms with Gasteiger partial charge in [0, 0.05) is 37.9 Å². The Morgan fingerprint density at radius 1 is 1.43 bits per heavy atom. The van der Waals surface area contributed by atoms with E-state index in [2.05, 4.69) is 10.3 Å². The largest absolute Gasteiger partial charge is 0.393 e. The molecule has 6 heteroatoms. The number of carbonyl (C=O) groups is 1. The van der Waals surface area contributed by atoms with E-state index >= 15 is 0 Å². The van der Waals surface area contributed by atoms with Crippen molar-refractivity contribution in [3.63, 3.8) is 0 Å². The summed E-state index contributed by atoms with van der Waals surface area (Å²) >= 11 is 0. The summed E-state index contributed by atoms with van der Waals surface area (Å²) in [5, 5.41) is 14.6. The molecule has 2 N–H and O–H groups in total. The fourth-order valence-corrected chi connectivity index (χ4v) is 3.25. The molecule has 2 fully saturated rings. The number of pyridine rings is 1. The number of rotatable bonds is 7. The number of aliphatic hydroxyl groups excluding tert-OH is 1. The Labute approximate surface area is 136 Å². The zero-order valence-corrected chi connectivity index (χ0v) is 13.4. The van der Waals surface area contributed by atoms with Crippen LogP contribution in [0.2, 0.25) is 0 Å². The Hall–Kier alpha value is -1.50. The van der Waals surface area contributed by atoms with E-state index in [1.54, 1.807) is 12.4 Å². The fraction of sp³-hybridized carbons (Fsp3) is 0.647. The predicted molar refractivity (Wildman–Crippen MR) is 85.4 cm³/mol. The minimum absolute atomic E-state index is 0.0564. The van der Waals surface area contributed by atoms with E-state index in [-0.39, 0.29) is 18.1 Å². The zero-order valence-electron chi connectivity index (χ0n) is 13.4. The minimum atomic E-state index is -0.213. The first-order valence-corrected chi connectivity index (χ1v) is 8.45. The van der Waals surface area contributed by atoms with Crippen LogP contribution in [-0.2, 0) is 16.1 Å². The molecule has 1 aromatic rings. The summed E-state index contributed by atoms with van der Waals surface area (Å²) in [6.07, 6.45) is 7.13. The monoisotopic (exact) mass is 319 g/mol. The molecule has 1 unspecified atom stereocenters. The summed E-state index contributed by atoms with van der Waals surface area (Å²) in [7, 11) is 0. The Bertz CT molecular complexity index is 499. The van der Waals surface area contributed by atoms with Crippen LogP contribution in [0.5, 0.6) is 0 Å². The number of nitrogens with one attached hydrogen (secondary N) is 1. The highest BCUT2D eigenvalue weighted by molar-refractivity contribution is 5.76. The second-order valence-electron chi connectivity index (χ2n) is 6.48. The van der Waals surface area contributed by atoms with Gasteiger partial charge in [-0.05, 0) is 49.3 Å². The molecule has 1 aromatic heterocycles. The summed E-state index contributed by atoms with van der Waals surface area (Å²) in [6.45, 7) is 2.30.